The molecule has 0 aliphatic heterocycles. The summed E-state index contributed by atoms with van der Waals surface area (Å²) in [5, 5.41) is 25.1. The molecule has 0 amide bonds. The minimum atomic E-state index is -0.605. The van der Waals surface area contributed by atoms with Gasteiger partial charge in [-0.05, 0) is 24.3 Å². The quantitative estimate of drug-likeness (QED) is 0.664. The molecular formula is C14H11FN4O2. The zero-order valence-electron chi connectivity index (χ0n) is 11.1. The normalized spacial score (nSPS) is 9.76. The van der Waals surface area contributed by atoms with Gasteiger partial charge in [0.05, 0.1) is 22.2 Å². The van der Waals surface area contributed by atoms with Crippen molar-refractivity contribution in [2.24, 2.45) is 0 Å². The minimum absolute atomic E-state index is 0.113. The molecule has 2 aromatic rings. The van der Waals surface area contributed by atoms with Crippen molar-refractivity contribution in [2.75, 3.05) is 17.7 Å². The van der Waals surface area contributed by atoms with Crippen LogP contribution in [0.1, 0.15) is 5.56 Å². The van der Waals surface area contributed by atoms with E-state index in [-0.39, 0.29) is 16.9 Å². The van der Waals surface area contributed by atoms with Crippen LogP contribution in [-0.2, 0) is 0 Å². The Morgan fingerprint density at radius 1 is 1.24 bits per heavy atom. The lowest BCUT2D eigenvalue weighted by atomic mass is 10.2. The maximum absolute atomic E-state index is 13.8. The van der Waals surface area contributed by atoms with Crippen LogP contribution in [0.25, 0.3) is 0 Å². The van der Waals surface area contributed by atoms with Gasteiger partial charge in [-0.1, -0.05) is 0 Å². The third-order valence-electron chi connectivity index (χ3n) is 2.79. The van der Waals surface area contributed by atoms with E-state index in [0.29, 0.717) is 11.4 Å². The fourth-order valence-corrected chi connectivity index (χ4v) is 1.77. The van der Waals surface area contributed by atoms with E-state index >= 15 is 0 Å². The highest BCUT2D eigenvalue weighted by Crippen LogP contribution is 2.27. The van der Waals surface area contributed by atoms with Gasteiger partial charge >= 0.3 is 0 Å². The molecule has 0 aliphatic rings. The van der Waals surface area contributed by atoms with Crippen molar-refractivity contribution in [2.45, 2.75) is 0 Å². The molecule has 106 valence electrons. The number of anilines is 3. The Balaban J connectivity index is 2.37. The lowest BCUT2D eigenvalue weighted by Crippen LogP contribution is -1.98. The summed E-state index contributed by atoms with van der Waals surface area (Å²) in [7, 11) is 1.63. The summed E-state index contributed by atoms with van der Waals surface area (Å²) < 4.78 is 13.8. The molecule has 2 aromatic carbocycles. The van der Waals surface area contributed by atoms with Crippen molar-refractivity contribution in [3.05, 3.63) is 57.9 Å². The lowest BCUT2D eigenvalue weighted by molar-refractivity contribution is -0.384. The van der Waals surface area contributed by atoms with Gasteiger partial charge in [-0.15, -0.1) is 0 Å². The van der Waals surface area contributed by atoms with Crippen LogP contribution in [0.2, 0.25) is 0 Å². The van der Waals surface area contributed by atoms with Crippen molar-refractivity contribution in [1.82, 2.24) is 0 Å². The van der Waals surface area contributed by atoms with E-state index in [2.05, 4.69) is 10.6 Å². The van der Waals surface area contributed by atoms with E-state index in [0.717, 1.165) is 6.07 Å². The smallest absolute Gasteiger partial charge is 0.273 e. The summed E-state index contributed by atoms with van der Waals surface area (Å²) in [6, 6.07) is 10.1. The highest BCUT2D eigenvalue weighted by atomic mass is 19.1. The Bertz CT molecular complexity index is 740. The van der Waals surface area contributed by atoms with E-state index < -0.39 is 10.7 Å². The molecule has 0 bridgehead atoms. The molecule has 7 heteroatoms. The Kier molecular flexibility index (Phi) is 4.00. The molecule has 21 heavy (non-hydrogen) atoms. The van der Waals surface area contributed by atoms with Crippen molar-refractivity contribution in [3.63, 3.8) is 0 Å². The number of nitrogens with zero attached hydrogens (tertiary/aromatic N) is 2. The second kappa shape index (κ2) is 5.88. The third-order valence-corrected chi connectivity index (χ3v) is 2.79. The summed E-state index contributed by atoms with van der Waals surface area (Å²) >= 11 is 0. The number of rotatable bonds is 4. The molecule has 0 spiro atoms. The van der Waals surface area contributed by atoms with Gasteiger partial charge in [-0.2, -0.15) is 5.26 Å². The van der Waals surface area contributed by atoms with Gasteiger partial charge in [-0.3, -0.25) is 10.1 Å². The minimum Gasteiger partial charge on any atom is -0.388 e. The summed E-state index contributed by atoms with van der Waals surface area (Å²) in [6.45, 7) is 0. The van der Waals surface area contributed by atoms with Crippen molar-refractivity contribution in [1.29, 1.82) is 5.26 Å². The zero-order chi connectivity index (χ0) is 15.4. The second-order valence-corrected chi connectivity index (χ2v) is 4.21. The Hall–Kier alpha value is -3.14. The van der Waals surface area contributed by atoms with Gasteiger partial charge in [0.25, 0.3) is 5.69 Å². The average molecular weight is 286 g/mol. The van der Waals surface area contributed by atoms with Crippen molar-refractivity contribution >= 4 is 22.7 Å². The number of nitrogens with one attached hydrogen (secondary N) is 2. The predicted molar refractivity (Wildman–Crippen MR) is 77.0 cm³/mol. The summed E-state index contributed by atoms with van der Waals surface area (Å²) in [5.74, 6) is -0.605. The molecule has 2 rings (SSSR count). The first-order chi connectivity index (χ1) is 10.0. The van der Waals surface area contributed by atoms with Crippen molar-refractivity contribution in [3.8, 4) is 6.07 Å². The molecule has 0 aromatic heterocycles. The van der Waals surface area contributed by atoms with Crippen molar-refractivity contribution < 1.29 is 9.31 Å². The van der Waals surface area contributed by atoms with Gasteiger partial charge in [0.1, 0.15) is 5.82 Å². The summed E-state index contributed by atoms with van der Waals surface area (Å²) in [4.78, 5) is 10.3. The molecule has 0 unspecified atom stereocenters. The predicted octanol–water partition coefficient (Wildman–Crippen LogP) is 3.39. The molecule has 0 saturated heterocycles. The zero-order valence-corrected chi connectivity index (χ0v) is 11.1. The topological polar surface area (TPSA) is 91.0 Å². The van der Waals surface area contributed by atoms with Crippen LogP contribution in [0, 0.1) is 27.3 Å². The molecule has 0 atom stereocenters. The summed E-state index contributed by atoms with van der Waals surface area (Å²) in [6.07, 6.45) is 0. The molecule has 0 radical (unpaired) electrons. The molecule has 0 heterocycles. The maximum Gasteiger partial charge on any atom is 0.273 e. The molecule has 0 fully saturated rings. The second-order valence-electron chi connectivity index (χ2n) is 4.21. The van der Waals surface area contributed by atoms with Crippen LogP contribution < -0.4 is 10.6 Å². The maximum atomic E-state index is 13.8. The van der Waals surface area contributed by atoms with E-state index in [4.69, 9.17) is 5.26 Å². The number of nitro benzene ring substituents is 1. The molecule has 0 aliphatic carbocycles. The van der Waals surface area contributed by atoms with Crippen LogP contribution in [0.4, 0.5) is 27.1 Å². The largest absolute Gasteiger partial charge is 0.388 e. The van der Waals surface area contributed by atoms with Gasteiger partial charge in [0, 0.05) is 30.6 Å². The number of non-ortho nitro benzene ring substituents is 1. The third kappa shape index (κ3) is 3.25. The SMILES string of the molecule is CNc1cc(Nc2ccc(C#N)cc2F)cc([N+](=O)[O-])c1. The Morgan fingerprint density at radius 2 is 1.95 bits per heavy atom. The number of halogens is 1. The number of hydrogen-bond donors (Lipinski definition) is 2. The van der Waals surface area contributed by atoms with Gasteiger partial charge < -0.3 is 10.6 Å². The fraction of sp³-hybridized carbons (Fsp3) is 0.0714. The highest BCUT2D eigenvalue weighted by Gasteiger charge is 2.11. The van der Waals surface area contributed by atoms with Gasteiger partial charge in [0.15, 0.2) is 0 Å². The number of hydrogen-bond acceptors (Lipinski definition) is 5. The van der Waals surface area contributed by atoms with Crippen LogP contribution in [0.3, 0.4) is 0 Å². The average Bonchev–Trinajstić information content (AvgIpc) is 2.48. The van der Waals surface area contributed by atoms with Crippen LogP contribution >= 0.6 is 0 Å². The molecule has 6 nitrogen and oxygen atoms in total. The van der Waals surface area contributed by atoms with E-state index in [1.807, 2.05) is 6.07 Å². The molecular weight excluding hydrogens is 275 g/mol. The van der Waals surface area contributed by atoms with E-state index in [1.165, 1.54) is 24.3 Å². The number of nitro groups is 1. The van der Waals surface area contributed by atoms with E-state index in [1.54, 1.807) is 13.1 Å². The molecule has 2 N–H and O–H groups in total. The van der Waals surface area contributed by atoms with Gasteiger partial charge in [-0.25, -0.2) is 4.39 Å². The highest BCUT2D eigenvalue weighted by molar-refractivity contribution is 5.69. The fourth-order valence-electron chi connectivity index (χ4n) is 1.77. The first-order valence-electron chi connectivity index (χ1n) is 5.97. The number of nitriles is 1. The van der Waals surface area contributed by atoms with Gasteiger partial charge in [0.2, 0.25) is 0 Å². The monoisotopic (exact) mass is 286 g/mol. The lowest BCUT2D eigenvalue weighted by Gasteiger charge is -2.09. The van der Waals surface area contributed by atoms with E-state index in [9.17, 15) is 14.5 Å². The first kappa shape index (κ1) is 14.3. The number of benzene rings is 2. The summed E-state index contributed by atoms with van der Waals surface area (Å²) in [5.41, 5.74) is 1.13. The Morgan fingerprint density at radius 3 is 2.52 bits per heavy atom. The molecule has 0 saturated carbocycles. The van der Waals surface area contributed by atoms with Crippen LogP contribution in [0.5, 0.6) is 0 Å². The standard InChI is InChI=1S/C14H11FN4O2/c1-17-10-5-11(7-12(6-10)19(20)21)18-14-3-2-9(8-16)4-13(14)15/h2-7,17-18H,1H3. The first-order valence-corrected chi connectivity index (χ1v) is 5.97. The van der Waals surface area contributed by atoms with Crippen LogP contribution in [-0.4, -0.2) is 12.0 Å². The van der Waals surface area contributed by atoms with Crippen LogP contribution in [0.15, 0.2) is 36.4 Å². The Labute approximate surface area is 120 Å².